The molecule has 0 radical (unpaired) electrons. The molecule has 1 aromatic rings. The van der Waals surface area contributed by atoms with Crippen molar-refractivity contribution in [3.05, 3.63) is 21.3 Å². The smallest absolute Gasteiger partial charge is 0.0931 e. The first-order valence-electron chi connectivity index (χ1n) is 6.12. The molecule has 0 amide bonds. The number of halogens is 1. The largest absolute Gasteiger partial charge is 0.309 e. The Labute approximate surface area is 108 Å². The summed E-state index contributed by atoms with van der Waals surface area (Å²) in [6.07, 6.45) is 3.64. The van der Waals surface area contributed by atoms with E-state index in [0.29, 0.717) is 6.04 Å². The summed E-state index contributed by atoms with van der Waals surface area (Å²) >= 11 is 7.69. The summed E-state index contributed by atoms with van der Waals surface area (Å²) in [6, 6.07) is 4.64. The molecule has 16 heavy (non-hydrogen) atoms. The lowest BCUT2D eigenvalue weighted by molar-refractivity contribution is 0.445. The molecule has 0 aliphatic rings. The summed E-state index contributed by atoms with van der Waals surface area (Å²) in [4.78, 5) is 1.37. The molecule has 0 bridgehead atoms. The average molecular weight is 260 g/mol. The van der Waals surface area contributed by atoms with Crippen molar-refractivity contribution in [3.63, 3.8) is 0 Å². The fraction of sp³-hybridized carbons (Fsp3) is 0.692. The van der Waals surface area contributed by atoms with Gasteiger partial charge in [-0.05, 0) is 43.9 Å². The van der Waals surface area contributed by atoms with E-state index in [2.05, 4.69) is 32.2 Å². The Morgan fingerprint density at radius 3 is 2.56 bits per heavy atom. The van der Waals surface area contributed by atoms with Gasteiger partial charge < -0.3 is 5.32 Å². The summed E-state index contributed by atoms with van der Waals surface area (Å²) in [7, 11) is 0. The van der Waals surface area contributed by atoms with Crippen LogP contribution in [0.25, 0.3) is 0 Å². The van der Waals surface area contributed by atoms with Crippen LogP contribution in [-0.4, -0.2) is 6.54 Å². The van der Waals surface area contributed by atoms with E-state index in [-0.39, 0.29) is 0 Å². The van der Waals surface area contributed by atoms with Crippen molar-refractivity contribution in [2.75, 3.05) is 6.54 Å². The van der Waals surface area contributed by atoms with Crippen LogP contribution in [0.4, 0.5) is 0 Å². The van der Waals surface area contributed by atoms with Crippen LogP contribution >= 0.6 is 22.9 Å². The van der Waals surface area contributed by atoms with Gasteiger partial charge in [0.05, 0.1) is 4.34 Å². The SMILES string of the molecule is CCCNC(CCC(C)C)c1ccc(Cl)s1. The topological polar surface area (TPSA) is 12.0 Å². The number of thiophene rings is 1. The molecule has 1 heterocycles. The molecule has 0 spiro atoms. The standard InChI is InChI=1S/C13H22ClNS/c1-4-9-15-11(6-5-10(2)3)12-7-8-13(14)16-12/h7-8,10-11,15H,4-6,9H2,1-3H3. The Morgan fingerprint density at radius 1 is 1.31 bits per heavy atom. The van der Waals surface area contributed by atoms with Crippen molar-refractivity contribution in [1.29, 1.82) is 0 Å². The van der Waals surface area contributed by atoms with E-state index in [1.165, 1.54) is 24.1 Å². The highest BCUT2D eigenvalue weighted by Crippen LogP contribution is 2.30. The first-order chi connectivity index (χ1) is 7.63. The summed E-state index contributed by atoms with van der Waals surface area (Å²) in [5.41, 5.74) is 0. The van der Waals surface area contributed by atoms with Crippen molar-refractivity contribution in [1.82, 2.24) is 5.32 Å². The van der Waals surface area contributed by atoms with Crippen LogP contribution in [0.1, 0.15) is 51.0 Å². The minimum Gasteiger partial charge on any atom is -0.309 e. The molecule has 0 saturated carbocycles. The van der Waals surface area contributed by atoms with E-state index in [0.717, 1.165) is 16.8 Å². The zero-order chi connectivity index (χ0) is 12.0. The first kappa shape index (κ1) is 14.0. The van der Waals surface area contributed by atoms with Gasteiger partial charge in [-0.3, -0.25) is 0 Å². The van der Waals surface area contributed by atoms with Crippen LogP contribution < -0.4 is 5.32 Å². The van der Waals surface area contributed by atoms with Crippen LogP contribution in [-0.2, 0) is 0 Å². The van der Waals surface area contributed by atoms with Gasteiger partial charge in [-0.25, -0.2) is 0 Å². The lowest BCUT2D eigenvalue weighted by Gasteiger charge is -2.18. The first-order valence-corrected chi connectivity index (χ1v) is 7.31. The van der Waals surface area contributed by atoms with Crippen molar-refractivity contribution < 1.29 is 0 Å². The fourth-order valence-corrected chi connectivity index (χ4v) is 2.85. The second-order valence-corrected chi connectivity index (χ2v) is 6.37. The predicted molar refractivity (Wildman–Crippen MR) is 74.4 cm³/mol. The van der Waals surface area contributed by atoms with Crippen LogP contribution in [0.15, 0.2) is 12.1 Å². The highest BCUT2D eigenvalue weighted by atomic mass is 35.5. The summed E-state index contributed by atoms with van der Waals surface area (Å²) in [6.45, 7) is 7.84. The molecule has 1 N–H and O–H groups in total. The highest BCUT2D eigenvalue weighted by molar-refractivity contribution is 7.16. The van der Waals surface area contributed by atoms with E-state index < -0.39 is 0 Å². The van der Waals surface area contributed by atoms with Crippen molar-refractivity contribution >= 4 is 22.9 Å². The molecule has 1 rings (SSSR count). The number of hydrogen-bond acceptors (Lipinski definition) is 2. The molecule has 3 heteroatoms. The maximum atomic E-state index is 5.99. The summed E-state index contributed by atoms with van der Waals surface area (Å²) < 4.78 is 0.892. The van der Waals surface area contributed by atoms with Crippen molar-refractivity contribution in [2.24, 2.45) is 5.92 Å². The molecule has 1 atom stereocenters. The van der Waals surface area contributed by atoms with Crippen LogP contribution in [0.3, 0.4) is 0 Å². The molecular formula is C13H22ClNS. The summed E-state index contributed by atoms with van der Waals surface area (Å²) in [5, 5.41) is 3.61. The minimum absolute atomic E-state index is 0.486. The van der Waals surface area contributed by atoms with Gasteiger partial charge in [-0.15, -0.1) is 11.3 Å². The van der Waals surface area contributed by atoms with Gasteiger partial charge in [0.1, 0.15) is 0 Å². The maximum absolute atomic E-state index is 5.99. The highest BCUT2D eigenvalue weighted by Gasteiger charge is 2.13. The monoisotopic (exact) mass is 259 g/mol. The van der Waals surface area contributed by atoms with E-state index in [9.17, 15) is 0 Å². The molecule has 1 aromatic heterocycles. The Bertz CT molecular complexity index is 296. The Kier molecular flexibility index (Phi) is 6.40. The average Bonchev–Trinajstić information content (AvgIpc) is 2.64. The normalized spacial score (nSPS) is 13.3. The van der Waals surface area contributed by atoms with Gasteiger partial charge in [-0.2, -0.15) is 0 Å². The number of nitrogens with one attached hydrogen (secondary N) is 1. The number of hydrogen-bond donors (Lipinski definition) is 1. The van der Waals surface area contributed by atoms with Crippen LogP contribution in [0, 0.1) is 5.92 Å². The molecule has 0 aromatic carbocycles. The minimum atomic E-state index is 0.486. The van der Waals surface area contributed by atoms with Gasteiger partial charge in [0, 0.05) is 10.9 Å². The van der Waals surface area contributed by atoms with Crippen LogP contribution in [0.2, 0.25) is 4.34 Å². The van der Waals surface area contributed by atoms with Gasteiger partial charge in [0.15, 0.2) is 0 Å². The Balaban J connectivity index is 2.55. The third-order valence-corrected chi connectivity index (χ3v) is 3.96. The van der Waals surface area contributed by atoms with Crippen molar-refractivity contribution in [3.8, 4) is 0 Å². The van der Waals surface area contributed by atoms with E-state index in [1.54, 1.807) is 11.3 Å². The third-order valence-electron chi connectivity index (χ3n) is 2.61. The van der Waals surface area contributed by atoms with E-state index >= 15 is 0 Å². The van der Waals surface area contributed by atoms with Gasteiger partial charge in [-0.1, -0.05) is 32.4 Å². The zero-order valence-electron chi connectivity index (χ0n) is 10.4. The lowest BCUT2D eigenvalue weighted by Crippen LogP contribution is -2.21. The second kappa shape index (κ2) is 7.31. The Hall–Kier alpha value is -0.0500. The molecule has 1 unspecified atom stereocenters. The van der Waals surface area contributed by atoms with Crippen molar-refractivity contribution in [2.45, 2.75) is 46.1 Å². The Morgan fingerprint density at radius 2 is 2.06 bits per heavy atom. The molecule has 92 valence electrons. The van der Waals surface area contributed by atoms with E-state index in [4.69, 9.17) is 11.6 Å². The second-order valence-electron chi connectivity index (χ2n) is 4.62. The quantitative estimate of drug-likeness (QED) is 0.736. The number of rotatable bonds is 7. The molecule has 0 saturated heterocycles. The maximum Gasteiger partial charge on any atom is 0.0931 e. The van der Waals surface area contributed by atoms with Gasteiger partial charge in [0.25, 0.3) is 0 Å². The van der Waals surface area contributed by atoms with Gasteiger partial charge in [0.2, 0.25) is 0 Å². The zero-order valence-corrected chi connectivity index (χ0v) is 12.0. The van der Waals surface area contributed by atoms with E-state index in [1.807, 2.05) is 6.07 Å². The molecule has 0 aliphatic heterocycles. The van der Waals surface area contributed by atoms with Gasteiger partial charge >= 0.3 is 0 Å². The molecular weight excluding hydrogens is 238 g/mol. The fourth-order valence-electron chi connectivity index (χ4n) is 1.68. The predicted octanol–water partition coefficient (Wildman–Crippen LogP) is 4.88. The summed E-state index contributed by atoms with van der Waals surface area (Å²) in [5.74, 6) is 0.765. The molecule has 0 fully saturated rings. The molecule has 1 nitrogen and oxygen atoms in total. The molecule has 0 aliphatic carbocycles. The van der Waals surface area contributed by atoms with Crippen LogP contribution in [0.5, 0.6) is 0 Å². The lowest BCUT2D eigenvalue weighted by atomic mass is 10.0. The third kappa shape index (κ3) is 4.86.